The van der Waals surface area contributed by atoms with Crippen molar-refractivity contribution >= 4 is 32.7 Å². The van der Waals surface area contributed by atoms with Crippen molar-refractivity contribution in [1.29, 1.82) is 0 Å². The van der Waals surface area contributed by atoms with Crippen LogP contribution in [0.5, 0.6) is 0 Å². The molecule has 1 aliphatic carbocycles. The molecule has 0 spiro atoms. The Morgan fingerprint density at radius 3 is 2.22 bits per heavy atom. The molecule has 7 aromatic rings. The van der Waals surface area contributed by atoms with Crippen LogP contribution in [0.1, 0.15) is 88.8 Å². The van der Waals surface area contributed by atoms with E-state index in [-0.39, 0.29) is 47.6 Å². The summed E-state index contributed by atoms with van der Waals surface area (Å²) in [7, 11) is 0. The third kappa shape index (κ3) is 7.27. The van der Waals surface area contributed by atoms with Crippen LogP contribution >= 0.6 is 0 Å². The molecule has 3 heterocycles. The number of benzene rings is 4. The van der Waals surface area contributed by atoms with E-state index in [9.17, 15) is 1.37 Å². The molecule has 0 aliphatic heterocycles. The molecule has 0 unspecified atom stereocenters. The van der Waals surface area contributed by atoms with Crippen molar-refractivity contribution in [2.24, 2.45) is 10.8 Å². The molecule has 1 fully saturated rings. The van der Waals surface area contributed by atoms with Crippen LogP contribution in [-0.2, 0) is 20.1 Å². The van der Waals surface area contributed by atoms with Gasteiger partial charge in [0, 0.05) is 57.0 Å². The van der Waals surface area contributed by atoms with Crippen molar-refractivity contribution in [3.8, 4) is 22.5 Å². The van der Waals surface area contributed by atoms with Gasteiger partial charge in [-0.15, -0.1) is 53.6 Å². The maximum atomic E-state index is 9.68. The van der Waals surface area contributed by atoms with Crippen LogP contribution in [0.2, 0.25) is 0 Å². The van der Waals surface area contributed by atoms with E-state index in [1.807, 2.05) is 30.3 Å². The van der Waals surface area contributed by atoms with Gasteiger partial charge in [0.2, 0.25) is 0 Å². The third-order valence-electron chi connectivity index (χ3n) is 9.06. The van der Waals surface area contributed by atoms with Crippen molar-refractivity contribution in [2.45, 2.75) is 73.4 Å². The van der Waals surface area contributed by atoms with Gasteiger partial charge >= 0.3 is 0 Å². The van der Waals surface area contributed by atoms with Gasteiger partial charge in [-0.3, -0.25) is 0 Å². The number of fused-ring (bicyclic) bond motifs is 5. The zero-order chi connectivity index (χ0) is 42.1. The second-order valence-corrected chi connectivity index (χ2v) is 14.4. The number of nitrogens with zero attached hydrogens (tertiary/aromatic N) is 2. The summed E-state index contributed by atoms with van der Waals surface area (Å²) >= 11 is 0. The first-order valence-corrected chi connectivity index (χ1v) is 16.2. The van der Waals surface area contributed by atoms with E-state index in [0.717, 1.165) is 33.5 Å². The zero-order valence-electron chi connectivity index (χ0n) is 38.0. The second kappa shape index (κ2) is 13.7. The molecule has 4 aromatic carbocycles. The molecule has 251 valence electrons. The van der Waals surface area contributed by atoms with E-state index in [4.69, 9.17) is 16.8 Å². The molecule has 1 aliphatic rings. The van der Waals surface area contributed by atoms with Gasteiger partial charge in [-0.1, -0.05) is 100 Å². The minimum absolute atomic E-state index is 0. The predicted octanol–water partition coefficient (Wildman–Crippen LogP) is 12.4. The maximum Gasteiger partial charge on any atom is 0.128 e. The first kappa shape index (κ1) is 24.1. The molecule has 3 aromatic heterocycles. The summed E-state index contributed by atoms with van der Waals surface area (Å²) in [6.07, 6.45) is 4.91. The van der Waals surface area contributed by atoms with Gasteiger partial charge in [-0.2, -0.15) is 0 Å². The van der Waals surface area contributed by atoms with E-state index in [1.165, 1.54) is 30.6 Å². The fourth-order valence-electron chi connectivity index (χ4n) is 7.51. The number of furan rings is 1. The summed E-state index contributed by atoms with van der Waals surface area (Å²) in [5.74, 6) is -1.05. The van der Waals surface area contributed by atoms with E-state index >= 15 is 0 Å². The molecule has 3 nitrogen and oxygen atoms in total. The molecule has 0 N–H and O–H groups in total. The van der Waals surface area contributed by atoms with Crippen LogP contribution in [0, 0.1) is 43.5 Å². The van der Waals surface area contributed by atoms with Gasteiger partial charge < -0.3 is 14.4 Å². The smallest absolute Gasteiger partial charge is 0.128 e. The van der Waals surface area contributed by atoms with E-state index in [1.54, 1.807) is 12.1 Å². The van der Waals surface area contributed by atoms with E-state index in [2.05, 4.69) is 74.1 Å². The Labute approximate surface area is 318 Å². The van der Waals surface area contributed by atoms with Crippen LogP contribution in [-0.4, -0.2) is 9.97 Å². The Hall–Kier alpha value is -4.11. The molecule has 1 saturated carbocycles. The minimum atomic E-state index is -2.37. The molecule has 8 rings (SSSR count). The van der Waals surface area contributed by atoms with Gasteiger partial charge in [0.05, 0.1) is 5.58 Å². The van der Waals surface area contributed by atoms with Gasteiger partial charge in [0.1, 0.15) is 5.58 Å². The number of aromatic nitrogens is 2. The number of aryl methyl sites for hydroxylation is 3. The summed E-state index contributed by atoms with van der Waals surface area (Å²) in [5.41, 5.74) is 4.80. The summed E-state index contributed by atoms with van der Waals surface area (Å²) < 4.78 is 84.6. The summed E-state index contributed by atoms with van der Waals surface area (Å²) in [6.45, 7) is 2.02. The van der Waals surface area contributed by atoms with Gasteiger partial charge in [-0.05, 0) is 83.2 Å². The SMILES string of the molecule is [2H]C([2H])([2H])c1c[c-]c(-c2ccc(C([2H])([2H])[2H])cn2)cc1.[2H]C([2H])([2H])c1cnc(-c2[c-]ccc3c2oc2c4ccccc4ccc32)cc1C1([2H])CC(C)(C)CC(C)(C)C1.[Ir]. The fourth-order valence-corrected chi connectivity index (χ4v) is 7.51. The number of pyridine rings is 2. The monoisotopic (exact) mass is 831 g/mol. The third-order valence-corrected chi connectivity index (χ3v) is 9.06. The average Bonchev–Trinajstić information content (AvgIpc) is 3.52. The quantitative estimate of drug-likeness (QED) is 0.167. The van der Waals surface area contributed by atoms with E-state index < -0.39 is 26.4 Å². The Kier molecular flexibility index (Phi) is 6.72. The van der Waals surface area contributed by atoms with Crippen LogP contribution in [0.3, 0.4) is 0 Å². The normalized spacial score (nSPS) is 19.9. The average molecular weight is 831 g/mol. The Morgan fingerprint density at radius 1 is 0.755 bits per heavy atom. The fraction of sp³-hybridized carbons (Fsp3) is 0.289. The largest absolute Gasteiger partial charge is 0.500 e. The topological polar surface area (TPSA) is 38.9 Å². The van der Waals surface area contributed by atoms with Crippen molar-refractivity contribution in [3.63, 3.8) is 0 Å². The molecule has 0 atom stereocenters. The van der Waals surface area contributed by atoms with Crippen LogP contribution < -0.4 is 0 Å². The van der Waals surface area contributed by atoms with Gasteiger partial charge in [0.15, 0.2) is 0 Å². The molecule has 1 radical (unpaired) electrons. The zero-order valence-corrected chi connectivity index (χ0v) is 30.4. The van der Waals surface area contributed by atoms with Gasteiger partial charge in [-0.25, -0.2) is 0 Å². The number of rotatable bonds is 3. The molecular formula is C45H44IrN2O-2. The predicted molar refractivity (Wildman–Crippen MR) is 200 cm³/mol. The molecule has 0 bridgehead atoms. The van der Waals surface area contributed by atoms with Crippen molar-refractivity contribution in [3.05, 3.63) is 132 Å². The number of hydrogen-bond donors (Lipinski definition) is 0. The molecule has 49 heavy (non-hydrogen) atoms. The Bertz CT molecular complexity index is 2550. The van der Waals surface area contributed by atoms with Crippen molar-refractivity contribution in [2.75, 3.05) is 0 Å². The minimum Gasteiger partial charge on any atom is -0.500 e. The molecule has 0 saturated heterocycles. The second-order valence-electron chi connectivity index (χ2n) is 14.4. The summed E-state index contributed by atoms with van der Waals surface area (Å²) in [4.78, 5) is 8.70. The summed E-state index contributed by atoms with van der Waals surface area (Å²) in [5, 5.41) is 4.12. The van der Waals surface area contributed by atoms with Crippen LogP contribution in [0.4, 0.5) is 0 Å². The van der Waals surface area contributed by atoms with Gasteiger partial charge in [0.25, 0.3) is 0 Å². The standard InChI is InChI=1S/C32H32NO.C13H12N.Ir/c1-20-18-33-28(15-27(20)22-16-31(2,3)19-32(4,5)17-22)26-12-8-11-24-25-14-13-21-9-6-7-10-23(21)29(25)34-30(24)26;1-10-3-6-12(7-4-10)13-8-5-11(2)9-14-13;/h6-11,13-15,18,22H,16-17,19H2,1-5H3;3-6,8-9H,1-2H3;/q2*-1;/i1D3,22D;1D3,2D3;. The number of hydrogen-bond acceptors (Lipinski definition) is 3. The molecular weight excluding hydrogens is 777 g/mol. The maximum absolute atomic E-state index is 9.68. The van der Waals surface area contributed by atoms with E-state index in [0.29, 0.717) is 46.5 Å². The first-order valence-electron chi connectivity index (χ1n) is 21.2. The van der Waals surface area contributed by atoms with Crippen LogP contribution in [0.25, 0.3) is 55.2 Å². The first-order chi connectivity index (χ1) is 26.9. The Morgan fingerprint density at radius 2 is 1.51 bits per heavy atom. The van der Waals surface area contributed by atoms with Crippen molar-refractivity contribution in [1.82, 2.24) is 9.97 Å². The van der Waals surface area contributed by atoms with Crippen LogP contribution in [0.15, 0.2) is 102 Å². The Balaban J connectivity index is 0.000000236. The van der Waals surface area contributed by atoms with Crippen molar-refractivity contribution < 1.29 is 38.2 Å². The summed E-state index contributed by atoms with van der Waals surface area (Å²) in [6, 6.07) is 31.8. The molecule has 0 amide bonds. The molecule has 4 heteroatoms.